The van der Waals surface area contributed by atoms with Crippen LogP contribution in [-0.2, 0) is 10.5 Å². The number of pyridine rings is 1. The van der Waals surface area contributed by atoms with Crippen LogP contribution in [0.1, 0.15) is 29.1 Å². The quantitative estimate of drug-likeness (QED) is 0.841. The van der Waals surface area contributed by atoms with Crippen LogP contribution in [0.2, 0.25) is 0 Å². The van der Waals surface area contributed by atoms with Crippen LogP contribution in [0.3, 0.4) is 0 Å². The van der Waals surface area contributed by atoms with E-state index >= 15 is 0 Å². The molecule has 0 aliphatic carbocycles. The van der Waals surface area contributed by atoms with E-state index < -0.39 is 0 Å². The summed E-state index contributed by atoms with van der Waals surface area (Å²) in [6.45, 7) is 5.81. The van der Waals surface area contributed by atoms with Crippen LogP contribution in [-0.4, -0.2) is 35.3 Å². The Morgan fingerprint density at radius 1 is 1.25 bits per heavy atom. The first-order valence-corrected chi connectivity index (χ1v) is 10.1. The van der Waals surface area contributed by atoms with Crippen LogP contribution in [0.4, 0.5) is 11.5 Å². The average molecular weight is 363 g/mol. The number of fused-ring (bicyclic) bond motifs is 2. The molecule has 2 N–H and O–H groups in total. The molecule has 4 rings (SSSR count). The molecular weight excluding hydrogens is 340 g/mol. The highest BCUT2D eigenvalue weighted by atomic mass is 32.2. The molecule has 2 aromatic rings. The third-order valence-electron chi connectivity index (χ3n) is 4.77. The van der Waals surface area contributed by atoms with E-state index in [9.17, 15) is 0 Å². The van der Waals surface area contributed by atoms with E-state index in [0.717, 1.165) is 34.7 Å². The summed E-state index contributed by atoms with van der Waals surface area (Å²) in [5.41, 5.74) is 9.42. The molecule has 2 bridgehead atoms. The number of anilines is 2. The minimum atomic E-state index is 0.482. The number of nitrogens with two attached hydrogens (primary N) is 1. The van der Waals surface area contributed by atoms with Crippen LogP contribution in [0, 0.1) is 13.8 Å². The van der Waals surface area contributed by atoms with Gasteiger partial charge in [-0.15, -0.1) is 11.3 Å². The Morgan fingerprint density at radius 3 is 2.67 bits per heavy atom. The van der Waals surface area contributed by atoms with Gasteiger partial charge in [0.15, 0.2) is 4.34 Å². The third kappa shape index (κ3) is 3.12. The highest BCUT2D eigenvalue weighted by Crippen LogP contribution is 2.36. The maximum absolute atomic E-state index is 6.08. The second-order valence-corrected chi connectivity index (χ2v) is 8.91. The van der Waals surface area contributed by atoms with Gasteiger partial charge in [-0.25, -0.2) is 9.97 Å². The molecule has 2 aromatic heterocycles. The lowest BCUT2D eigenvalue weighted by molar-refractivity contribution is 0.0906. The zero-order valence-corrected chi connectivity index (χ0v) is 15.6. The smallest absolute Gasteiger partial charge is 0.150 e. The van der Waals surface area contributed by atoms with Crippen molar-refractivity contribution in [3.63, 3.8) is 0 Å². The minimum Gasteiger partial charge on any atom is -0.384 e. The van der Waals surface area contributed by atoms with E-state index in [0.29, 0.717) is 17.9 Å². The average Bonchev–Trinajstić information content (AvgIpc) is 3.00. The van der Waals surface area contributed by atoms with Crippen molar-refractivity contribution in [3.05, 3.63) is 28.4 Å². The zero-order valence-electron chi connectivity index (χ0n) is 14.0. The summed E-state index contributed by atoms with van der Waals surface area (Å²) in [6.07, 6.45) is 2.41. The standard InChI is InChI=1S/C17H22N4OS2/c1-10-11(2)24-17(19-10)23-9-12-5-15(6-16(18)20-12)21-13-3-4-14(21)8-22-7-13/h5-6,13-14H,3-4,7-9H2,1-2H3,(H2,18,20). The van der Waals surface area contributed by atoms with Crippen molar-refractivity contribution >= 4 is 34.6 Å². The first-order chi connectivity index (χ1) is 11.6. The monoisotopic (exact) mass is 362 g/mol. The topological polar surface area (TPSA) is 64.3 Å². The van der Waals surface area contributed by atoms with Gasteiger partial charge in [-0.3, -0.25) is 0 Å². The molecule has 0 aromatic carbocycles. The van der Waals surface area contributed by atoms with Gasteiger partial charge in [0.05, 0.1) is 36.7 Å². The van der Waals surface area contributed by atoms with Crippen LogP contribution in [0.5, 0.6) is 0 Å². The Labute approximate surface area is 150 Å². The number of aromatic nitrogens is 2. The maximum atomic E-state index is 6.08. The Kier molecular flexibility index (Phi) is 4.40. The SMILES string of the molecule is Cc1nc(SCc2cc(N3C4CCC3COC4)cc(N)n2)sc1C. The number of ether oxygens (including phenoxy) is 1. The summed E-state index contributed by atoms with van der Waals surface area (Å²) in [6, 6.07) is 5.15. The number of aryl methyl sites for hydroxylation is 2. The van der Waals surface area contributed by atoms with Gasteiger partial charge in [0.2, 0.25) is 0 Å². The normalized spacial score (nSPS) is 23.0. The molecule has 7 heteroatoms. The molecule has 24 heavy (non-hydrogen) atoms. The second-order valence-electron chi connectivity index (χ2n) is 6.48. The number of thiazole rings is 1. The number of thioether (sulfide) groups is 1. The largest absolute Gasteiger partial charge is 0.384 e. The van der Waals surface area contributed by atoms with Gasteiger partial charge in [0.25, 0.3) is 0 Å². The van der Waals surface area contributed by atoms with E-state index in [4.69, 9.17) is 10.5 Å². The second kappa shape index (κ2) is 6.54. The first kappa shape index (κ1) is 16.2. The van der Waals surface area contributed by atoms with Gasteiger partial charge >= 0.3 is 0 Å². The molecule has 2 aliphatic rings. The summed E-state index contributed by atoms with van der Waals surface area (Å²) in [5.74, 6) is 1.39. The molecule has 128 valence electrons. The van der Waals surface area contributed by atoms with E-state index in [1.165, 1.54) is 23.4 Å². The molecule has 0 amide bonds. The highest BCUT2D eigenvalue weighted by molar-refractivity contribution is 8.00. The molecule has 0 spiro atoms. The molecule has 2 fully saturated rings. The van der Waals surface area contributed by atoms with Gasteiger partial charge in [-0.05, 0) is 32.8 Å². The van der Waals surface area contributed by atoms with E-state index in [-0.39, 0.29) is 0 Å². The lowest BCUT2D eigenvalue weighted by Gasteiger charge is -2.36. The first-order valence-electron chi connectivity index (χ1n) is 8.29. The summed E-state index contributed by atoms with van der Waals surface area (Å²) < 4.78 is 6.79. The van der Waals surface area contributed by atoms with Crippen molar-refractivity contribution < 1.29 is 4.74 Å². The van der Waals surface area contributed by atoms with Gasteiger partial charge in [-0.1, -0.05) is 11.8 Å². The van der Waals surface area contributed by atoms with Crippen molar-refractivity contribution in [1.29, 1.82) is 0 Å². The van der Waals surface area contributed by atoms with Gasteiger partial charge < -0.3 is 15.4 Å². The number of rotatable bonds is 4. The predicted molar refractivity (Wildman–Crippen MR) is 99.9 cm³/mol. The fourth-order valence-corrected chi connectivity index (χ4v) is 5.55. The fourth-order valence-electron chi connectivity index (χ4n) is 3.51. The Morgan fingerprint density at radius 2 is 2.00 bits per heavy atom. The molecule has 5 nitrogen and oxygen atoms in total. The lowest BCUT2D eigenvalue weighted by Crippen LogP contribution is -2.46. The van der Waals surface area contributed by atoms with Gasteiger partial charge in [0.1, 0.15) is 5.82 Å². The van der Waals surface area contributed by atoms with E-state index in [2.05, 4.69) is 34.8 Å². The zero-order chi connectivity index (χ0) is 16.7. The van der Waals surface area contributed by atoms with Crippen molar-refractivity contribution in [2.75, 3.05) is 23.8 Å². The molecule has 2 atom stereocenters. The van der Waals surface area contributed by atoms with Crippen molar-refractivity contribution in [2.45, 2.75) is 48.9 Å². The molecule has 2 saturated heterocycles. The molecule has 0 saturated carbocycles. The molecular formula is C17H22N4OS2. The summed E-state index contributed by atoms with van der Waals surface area (Å²) in [4.78, 5) is 12.9. The number of hydrogen-bond donors (Lipinski definition) is 1. The number of nitrogens with zero attached hydrogens (tertiary/aromatic N) is 3. The Hall–Kier alpha value is -1.31. The van der Waals surface area contributed by atoms with Crippen molar-refractivity contribution in [1.82, 2.24) is 9.97 Å². The molecule has 0 radical (unpaired) electrons. The van der Waals surface area contributed by atoms with Gasteiger partial charge in [0, 0.05) is 22.4 Å². The predicted octanol–water partition coefficient (Wildman–Crippen LogP) is 3.40. The van der Waals surface area contributed by atoms with Crippen LogP contribution in [0.25, 0.3) is 0 Å². The van der Waals surface area contributed by atoms with Crippen LogP contribution < -0.4 is 10.6 Å². The fraction of sp³-hybridized carbons (Fsp3) is 0.529. The summed E-state index contributed by atoms with van der Waals surface area (Å²) >= 11 is 3.48. The van der Waals surface area contributed by atoms with Crippen LogP contribution >= 0.6 is 23.1 Å². The van der Waals surface area contributed by atoms with Crippen molar-refractivity contribution in [3.8, 4) is 0 Å². The lowest BCUT2D eigenvalue weighted by atomic mass is 10.2. The number of nitrogen functional groups attached to an aromatic ring is 1. The van der Waals surface area contributed by atoms with E-state index in [1.807, 2.05) is 6.07 Å². The maximum Gasteiger partial charge on any atom is 0.150 e. The number of morpholine rings is 1. The highest BCUT2D eigenvalue weighted by Gasteiger charge is 2.37. The third-order valence-corrected chi connectivity index (χ3v) is 7.02. The van der Waals surface area contributed by atoms with Crippen LogP contribution in [0.15, 0.2) is 16.5 Å². The minimum absolute atomic E-state index is 0.482. The number of hydrogen-bond acceptors (Lipinski definition) is 7. The molecule has 2 unspecified atom stereocenters. The summed E-state index contributed by atoms with van der Waals surface area (Å²) in [5, 5.41) is 0. The van der Waals surface area contributed by atoms with Crippen molar-refractivity contribution in [2.24, 2.45) is 0 Å². The molecule has 4 heterocycles. The Bertz CT molecular complexity index is 713. The Balaban J connectivity index is 1.53. The van der Waals surface area contributed by atoms with E-state index in [1.54, 1.807) is 23.1 Å². The van der Waals surface area contributed by atoms with Gasteiger partial charge in [-0.2, -0.15) is 0 Å². The summed E-state index contributed by atoms with van der Waals surface area (Å²) in [7, 11) is 0. The molecule has 2 aliphatic heterocycles.